The van der Waals surface area contributed by atoms with Crippen LogP contribution in [0.25, 0.3) is 10.9 Å². The van der Waals surface area contributed by atoms with Crippen LogP contribution in [0.5, 0.6) is 0 Å². The lowest BCUT2D eigenvalue weighted by Crippen LogP contribution is -2.59. The Hall–Kier alpha value is -6.91. The average Bonchev–Trinajstić information content (AvgIpc) is 3.59. The van der Waals surface area contributed by atoms with E-state index in [1.165, 1.54) is 0 Å². The number of amides is 6. The van der Waals surface area contributed by atoms with Crippen LogP contribution in [-0.4, -0.2) is 88.2 Å². The minimum absolute atomic E-state index is 0.00101. The predicted octanol–water partition coefficient (Wildman–Crippen LogP) is 2.97. The fourth-order valence-electron chi connectivity index (χ4n) is 5.99. The predicted molar refractivity (Wildman–Crippen MR) is 216 cm³/mol. The third-order valence-electron chi connectivity index (χ3n) is 8.85. The number of aromatic nitrogens is 1. The van der Waals surface area contributed by atoms with Gasteiger partial charge in [0, 0.05) is 36.5 Å². The number of fused-ring (bicyclic) bond motifs is 1. The topological polar surface area (TPSA) is 260 Å². The van der Waals surface area contributed by atoms with Crippen molar-refractivity contribution in [3.05, 3.63) is 108 Å². The molecule has 0 fully saturated rings. The number of H-pyrrole nitrogens is 1. The maximum Gasteiger partial charge on any atom is 0.408 e. The first-order valence-electron chi connectivity index (χ1n) is 19.0. The molecule has 0 saturated heterocycles. The Morgan fingerprint density at radius 1 is 0.695 bits per heavy atom. The summed E-state index contributed by atoms with van der Waals surface area (Å²) in [7, 11) is 0. The summed E-state index contributed by atoms with van der Waals surface area (Å²) in [5, 5.41) is 23.1. The highest BCUT2D eigenvalue weighted by Gasteiger charge is 2.33. The van der Waals surface area contributed by atoms with Crippen LogP contribution in [-0.2, 0) is 52.9 Å². The number of hydrogen-bond donors (Lipinski definition) is 8. The number of aliphatic carboxylic acids is 1. The zero-order chi connectivity index (χ0) is 43.0. The summed E-state index contributed by atoms with van der Waals surface area (Å²) in [6.07, 6.45) is -0.861. The summed E-state index contributed by atoms with van der Waals surface area (Å²) in [6, 6.07) is 19.4. The van der Waals surface area contributed by atoms with Gasteiger partial charge in [-0.15, -0.1) is 0 Å². The second-order valence-corrected chi connectivity index (χ2v) is 14.8. The Kier molecular flexibility index (Phi) is 16.4. The normalized spacial score (nSPS) is 13.1. The zero-order valence-corrected chi connectivity index (χ0v) is 33.1. The molecule has 0 saturated carbocycles. The number of alkyl carbamates (subject to hydrolysis) is 2. The molecule has 3 aromatic carbocycles. The van der Waals surface area contributed by atoms with Crippen LogP contribution < -0.4 is 32.3 Å². The van der Waals surface area contributed by atoms with E-state index >= 15 is 0 Å². The summed E-state index contributed by atoms with van der Waals surface area (Å²) in [5.41, 5.74) is 7.56. The van der Waals surface area contributed by atoms with E-state index in [2.05, 4.69) is 31.6 Å². The molecule has 314 valence electrons. The van der Waals surface area contributed by atoms with Crippen molar-refractivity contribution in [1.82, 2.24) is 31.6 Å². The van der Waals surface area contributed by atoms with Crippen molar-refractivity contribution in [2.45, 2.75) is 89.3 Å². The van der Waals surface area contributed by atoms with Crippen molar-refractivity contribution in [3.8, 4) is 0 Å². The molecule has 0 aliphatic rings. The van der Waals surface area contributed by atoms with Gasteiger partial charge in [0.25, 0.3) is 0 Å². The highest BCUT2D eigenvalue weighted by Crippen LogP contribution is 2.20. The third-order valence-corrected chi connectivity index (χ3v) is 8.85. The molecule has 0 aliphatic heterocycles. The fourth-order valence-corrected chi connectivity index (χ4v) is 5.99. The monoisotopic (exact) mass is 813 g/mol. The Balaban J connectivity index is 1.54. The number of carboxylic acids is 1. The van der Waals surface area contributed by atoms with Crippen LogP contribution in [0, 0.1) is 0 Å². The summed E-state index contributed by atoms with van der Waals surface area (Å²) in [4.78, 5) is 94.3. The van der Waals surface area contributed by atoms with Gasteiger partial charge in [-0.05, 0) is 56.4 Å². The molecule has 9 N–H and O–H groups in total. The van der Waals surface area contributed by atoms with Crippen molar-refractivity contribution in [3.63, 3.8) is 0 Å². The average molecular weight is 814 g/mol. The lowest BCUT2D eigenvalue weighted by Gasteiger charge is -2.26. The number of carbonyl (C=O) groups is 7. The molecule has 4 rings (SSSR count). The Morgan fingerprint density at radius 2 is 1.27 bits per heavy atom. The van der Waals surface area contributed by atoms with Crippen LogP contribution in [0.1, 0.15) is 56.7 Å². The van der Waals surface area contributed by atoms with E-state index in [1.807, 2.05) is 30.3 Å². The van der Waals surface area contributed by atoms with Crippen molar-refractivity contribution >= 4 is 52.7 Å². The molecular formula is C42H51N7O10. The van der Waals surface area contributed by atoms with Gasteiger partial charge in [-0.2, -0.15) is 0 Å². The van der Waals surface area contributed by atoms with Crippen molar-refractivity contribution < 1.29 is 48.1 Å². The molecule has 1 heterocycles. The van der Waals surface area contributed by atoms with Crippen molar-refractivity contribution in [1.29, 1.82) is 0 Å². The number of nitrogens with one attached hydrogen (secondary N) is 6. The second kappa shape index (κ2) is 21.6. The number of benzene rings is 3. The standard InChI is InChI=1S/C42H51N7O10/c1-42(2,3)59-41(57)49-33(22-28-24-45-30-18-11-10-17-29(28)30)38(54)46-31(19-12-20-44-40(56)58-25-27-15-8-5-9-16-27)37(53)48-34(23-35(50)51)39(55)47-32(36(43)52)21-26-13-6-4-7-14-26/h4-11,13-18,24,31-34,45H,12,19-23,25H2,1-3H3,(H2,43,52)(H,44,56)(H,46,54)(H,47,55)(H,48,53)(H,49,57)(H,50,51)/t31-,32-,33-,34-/m0/s1. The minimum Gasteiger partial charge on any atom is -0.481 e. The molecule has 6 amide bonds. The van der Waals surface area contributed by atoms with E-state index in [-0.39, 0.29) is 38.8 Å². The largest absolute Gasteiger partial charge is 0.481 e. The summed E-state index contributed by atoms with van der Waals surface area (Å²) in [5.74, 6) is -5.08. The Morgan fingerprint density at radius 3 is 1.92 bits per heavy atom. The molecular weight excluding hydrogens is 763 g/mol. The number of primary amides is 1. The fraction of sp³-hybridized carbons (Fsp3) is 0.357. The molecule has 0 radical (unpaired) electrons. The van der Waals surface area contributed by atoms with Gasteiger partial charge in [-0.3, -0.25) is 24.0 Å². The van der Waals surface area contributed by atoms with Gasteiger partial charge in [0.1, 0.15) is 36.4 Å². The summed E-state index contributed by atoms with van der Waals surface area (Å²) in [6.45, 7) is 4.99. The van der Waals surface area contributed by atoms with E-state index in [0.29, 0.717) is 11.1 Å². The lowest BCUT2D eigenvalue weighted by atomic mass is 10.0. The maximum atomic E-state index is 14.1. The number of nitrogens with two attached hydrogens (primary N) is 1. The molecule has 4 atom stereocenters. The lowest BCUT2D eigenvalue weighted by molar-refractivity contribution is -0.141. The maximum absolute atomic E-state index is 14.1. The number of aromatic amines is 1. The first-order valence-corrected chi connectivity index (χ1v) is 19.0. The van der Waals surface area contributed by atoms with Crippen molar-refractivity contribution in [2.75, 3.05) is 6.54 Å². The molecule has 0 spiro atoms. The molecule has 1 aromatic heterocycles. The van der Waals surface area contributed by atoms with Crippen LogP contribution in [0.3, 0.4) is 0 Å². The second-order valence-electron chi connectivity index (χ2n) is 14.8. The Bertz CT molecular complexity index is 2070. The Labute approximate surface area is 341 Å². The smallest absolute Gasteiger partial charge is 0.408 e. The SMILES string of the molecule is CC(C)(C)OC(=O)N[C@@H](Cc1c[nH]c2ccccc12)C(=O)N[C@@H](CCCNC(=O)OCc1ccccc1)C(=O)N[C@@H](CC(=O)O)C(=O)N[C@@H](Cc1ccccc1)C(N)=O. The number of hydrogen-bond acceptors (Lipinski definition) is 9. The number of carboxylic acid groups (broad SMARTS) is 1. The number of ether oxygens (including phenoxy) is 2. The molecule has 4 aromatic rings. The highest BCUT2D eigenvalue weighted by molar-refractivity contribution is 5.97. The van der Waals surface area contributed by atoms with Crippen molar-refractivity contribution in [2.24, 2.45) is 5.73 Å². The number of rotatable bonds is 20. The van der Waals surface area contributed by atoms with E-state index in [1.54, 1.807) is 81.6 Å². The highest BCUT2D eigenvalue weighted by atomic mass is 16.6. The minimum atomic E-state index is -1.70. The van der Waals surface area contributed by atoms with Crippen LogP contribution in [0.2, 0.25) is 0 Å². The van der Waals surface area contributed by atoms with Crippen LogP contribution in [0.4, 0.5) is 9.59 Å². The van der Waals surface area contributed by atoms with Gasteiger partial charge in [0.05, 0.1) is 6.42 Å². The molecule has 17 heteroatoms. The quantitative estimate of drug-likeness (QED) is 0.0605. The summed E-state index contributed by atoms with van der Waals surface area (Å²) < 4.78 is 10.7. The molecule has 59 heavy (non-hydrogen) atoms. The molecule has 17 nitrogen and oxygen atoms in total. The molecule has 0 aliphatic carbocycles. The zero-order valence-electron chi connectivity index (χ0n) is 33.1. The summed E-state index contributed by atoms with van der Waals surface area (Å²) >= 11 is 0. The van der Waals surface area contributed by atoms with Gasteiger partial charge < -0.3 is 51.9 Å². The third kappa shape index (κ3) is 15.2. The first kappa shape index (κ1) is 44.8. The van der Waals surface area contributed by atoms with E-state index in [0.717, 1.165) is 16.5 Å². The molecule has 0 bridgehead atoms. The van der Waals surface area contributed by atoms with Gasteiger partial charge in [0.2, 0.25) is 23.6 Å². The number of carbonyl (C=O) groups excluding carboxylic acids is 6. The van der Waals surface area contributed by atoms with Crippen LogP contribution >= 0.6 is 0 Å². The van der Waals surface area contributed by atoms with E-state index in [4.69, 9.17) is 15.2 Å². The van der Waals surface area contributed by atoms with E-state index in [9.17, 15) is 38.7 Å². The van der Waals surface area contributed by atoms with Gasteiger partial charge in [0.15, 0.2) is 0 Å². The van der Waals surface area contributed by atoms with E-state index < -0.39 is 78.0 Å². The molecule has 0 unspecified atom stereocenters. The van der Waals surface area contributed by atoms with Gasteiger partial charge >= 0.3 is 18.2 Å². The van der Waals surface area contributed by atoms with Gasteiger partial charge in [-0.1, -0.05) is 78.9 Å². The van der Waals surface area contributed by atoms with Gasteiger partial charge in [-0.25, -0.2) is 9.59 Å². The van der Waals surface area contributed by atoms with Crippen LogP contribution in [0.15, 0.2) is 91.1 Å². The number of para-hydroxylation sites is 1. The first-order chi connectivity index (χ1) is 28.1.